The molecule has 0 heterocycles. The van der Waals surface area contributed by atoms with Gasteiger partial charge in [-0.15, -0.1) is 0 Å². The molecular formula is C19H30. The smallest absolute Gasteiger partial charge is 0.0172 e. The van der Waals surface area contributed by atoms with E-state index in [1.54, 1.807) is 12.8 Å². The number of allylic oxidation sites excluding steroid dienone is 1. The monoisotopic (exact) mass is 258 g/mol. The van der Waals surface area contributed by atoms with Crippen LogP contribution >= 0.6 is 0 Å². The van der Waals surface area contributed by atoms with Crippen molar-refractivity contribution in [2.24, 2.45) is 34.0 Å². The van der Waals surface area contributed by atoms with Gasteiger partial charge in [0.05, 0.1) is 0 Å². The summed E-state index contributed by atoms with van der Waals surface area (Å²) in [6.07, 6.45) is 12.1. The van der Waals surface area contributed by atoms with E-state index in [1.165, 1.54) is 44.1 Å². The van der Waals surface area contributed by atoms with E-state index in [0.29, 0.717) is 5.41 Å². The van der Waals surface area contributed by atoms with Crippen molar-refractivity contribution < 1.29 is 0 Å². The first kappa shape index (κ1) is 12.5. The molecule has 1 spiro atoms. The summed E-state index contributed by atoms with van der Waals surface area (Å²) < 4.78 is 0. The number of rotatable bonds is 1. The molecule has 0 N–H and O–H groups in total. The lowest BCUT2D eigenvalue weighted by Crippen LogP contribution is -2.45. The first-order valence-electron chi connectivity index (χ1n) is 8.57. The molecule has 19 heavy (non-hydrogen) atoms. The van der Waals surface area contributed by atoms with Crippen LogP contribution in [0.3, 0.4) is 0 Å². The Labute approximate surface area is 119 Å². The highest BCUT2D eigenvalue weighted by molar-refractivity contribution is 5.24. The Kier molecular flexibility index (Phi) is 2.29. The molecule has 4 rings (SSSR count). The summed E-state index contributed by atoms with van der Waals surface area (Å²) in [6.45, 7) is 11.9. The van der Waals surface area contributed by atoms with Gasteiger partial charge in [-0.25, -0.2) is 0 Å². The Hall–Kier alpha value is -0.260. The second-order valence-corrected chi connectivity index (χ2v) is 9.06. The maximum absolute atomic E-state index is 4.35. The van der Waals surface area contributed by atoms with E-state index in [4.69, 9.17) is 0 Å². The second-order valence-electron chi connectivity index (χ2n) is 9.06. The van der Waals surface area contributed by atoms with E-state index in [1.807, 2.05) is 0 Å². The van der Waals surface area contributed by atoms with Crippen LogP contribution in [0.15, 0.2) is 12.2 Å². The van der Waals surface area contributed by atoms with Gasteiger partial charge in [0.1, 0.15) is 0 Å². The molecule has 0 aromatic heterocycles. The van der Waals surface area contributed by atoms with Gasteiger partial charge in [-0.05, 0) is 85.9 Å². The van der Waals surface area contributed by atoms with Crippen LogP contribution in [0.5, 0.6) is 0 Å². The predicted molar refractivity (Wildman–Crippen MR) is 80.9 cm³/mol. The molecule has 4 saturated carbocycles. The van der Waals surface area contributed by atoms with E-state index < -0.39 is 0 Å². The highest BCUT2D eigenvalue weighted by Gasteiger charge is 2.73. The molecule has 0 aromatic carbocycles. The minimum absolute atomic E-state index is 0.653. The molecule has 0 bridgehead atoms. The fraction of sp³-hybridized carbons (Fsp3) is 0.895. The SMILES string of the molecule is C=C(C)[C@@H]1CC[C@]2(C)CC[C@@]34C[C@]3(C)CCCC4[C@@H]12. The minimum Gasteiger partial charge on any atom is -0.0998 e. The molecule has 106 valence electrons. The minimum atomic E-state index is 0.653. The van der Waals surface area contributed by atoms with Crippen molar-refractivity contribution in [2.75, 3.05) is 0 Å². The van der Waals surface area contributed by atoms with Crippen LogP contribution in [0.25, 0.3) is 0 Å². The fourth-order valence-electron chi connectivity index (χ4n) is 7.09. The molecule has 4 aliphatic carbocycles. The predicted octanol–water partition coefficient (Wildman–Crippen LogP) is 5.59. The first-order valence-corrected chi connectivity index (χ1v) is 8.57. The molecule has 0 nitrogen and oxygen atoms in total. The lowest BCUT2D eigenvalue weighted by molar-refractivity contribution is -0.0293. The van der Waals surface area contributed by atoms with Crippen molar-refractivity contribution >= 4 is 0 Å². The Bertz CT molecular complexity index is 435. The molecule has 4 fully saturated rings. The molecule has 0 aliphatic heterocycles. The summed E-state index contributed by atoms with van der Waals surface area (Å²) in [6, 6.07) is 0. The van der Waals surface area contributed by atoms with Crippen molar-refractivity contribution in [3.05, 3.63) is 12.2 Å². The summed E-state index contributed by atoms with van der Waals surface area (Å²) in [7, 11) is 0. The van der Waals surface area contributed by atoms with Gasteiger partial charge in [-0.2, -0.15) is 0 Å². The number of hydrogen-bond donors (Lipinski definition) is 0. The zero-order chi connectivity index (χ0) is 13.5. The number of hydrogen-bond acceptors (Lipinski definition) is 0. The summed E-state index contributed by atoms with van der Waals surface area (Å²) in [5.74, 6) is 2.85. The first-order chi connectivity index (χ1) is 8.92. The number of fused-ring (bicyclic) bond motifs is 2. The Balaban J connectivity index is 1.74. The van der Waals surface area contributed by atoms with Crippen LogP contribution < -0.4 is 0 Å². The Morgan fingerprint density at radius 2 is 1.84 bits per heavy atom. The average Bonchev–Trinajstić information content (AvgIpc) is 2.81. The second kappa shape index (κ2) is 3.49. The molecule has 0 heteroatoms. The fourth-order valence-corrected chi connectivity index (χ4v) is 7.09. The Morgan fingerprint density at radius 3 is 2.58 bits per heavy atom. The van der Waals surface area contributed by atoms with Gasteiger partial charge < -0.3 is 0 Å². The largest absolute Gasteiger partial charge is 0.0998 e. The highest BCUT2D eigenvalue weighted by Crippen LogP contribution is 2.81. The van der Waals surface area contributed by atoms with Gasteiger partial charge in [0, 0.05) is 0 Å². The maximum atomic E-state index is 4.35. The zero-order valence-corrected chi connectivity index (χ0v) is 13.1. The zero-order valence-electron chi connectivity index (χ0n) is 13.1. The van der Waals surface area contributed by atoms with E-state index in [9.17, 15) is 0 Å². The van der Waals surface area contributed by atoms with Crippen LogP contribution in [-0.2, 0) is 0 Å². The van der Waals surface area contributed by atoms with E-state index in [2.05, 4.69) is 27.4 Å². The third kappa shape index (κ3) is 1.37. The van der Waals surface area contributed by atoms with Gasteiger partial charge in [0.2, 0.25) is 0 Å². The van der Waals surface area contributed by atoms with Crippen molar-refractivity contribution in [3.8, 4) is 0 Å². The summed E-state index contributed by atoms with van der Waals surface area (Å²) in [4.78, 5) is 0. The van der Waals surface area contributed by atoms with Crippen molar-refractivity contribution in [1.29, 1.82) is 0 Å². The summed E-state index contributed by atoms with van der Waals surface area (Å²) in [5.41, 5.74) is 3.64. The molecule has 0 aromatic rings. The standard InChI is InChI=1S/C19H30/c1-13(2)14-7-9-17(3)10-11-19-12-18(19,4)8-5-6-15(19)16(14)17/h14-16H,1,5-12H2,2-4H3/t14-,15?,16+,17+,18-,19-/m0/s1. The van der Waals surface area contributed by atoms with Crippen LogP contribution in [0.1, 0.15) is 72.1 Å². The third-order valence-electron chi connectivity index (χ3n) is 8.21. The van der Waals surface area contributed by atoms with E-state index in [0.717, 1.165) is 28.6 Å². The van der Waals surface area contributed by atoms with E-state index >= 15 is 0 Å². The lowest BCUT2D eigenvalue weighted by atomic mass is 9.52. The molecular weight excluding hydrogens is 228 g/mol. The summed E-state index contributed by atoms with van der Waals surface area (Å²) in [5, 5.41) is 0. The van der Waals surface area contributed by atoms with Crippen molar-refractivity contribution in [1.82, 2.24) is 0 Å². The third-order valence-corrected chi connectivity index (χ3v) is 8.21. The van der Waals surface area contributed by atoms with Crippen molar-refractivity contribution in [3.63, 3.8) is 0 Å². The molecule has 0 amide bonds. The van der Waals surface area contributed by atoms with Gasteiger partial charge in [0.15, 0.2) is 0 Å². The Morgan fingerprint density at radius 1 is 1.05 bits per heavy atom. The average molecular weight is 258 g/mol. The van der Waals surface area contributed by atoms with Gasteiger partial charge in [-0.1, -0.05) is 32.4 Å². The maximum Gasteiger partial charge on any atom is -0.0172 e. The quantitative estimate of drug-likeness (QED) is 0.538. The molecule has 6 atom stereocenters. The molecule has 0 radical (unpaired) electrons. The van der Waals surface area contributed by atoms with Crippen LogP contribution in [0.4, 0.5) is 0 Å². The normalized spacial score (nSPS) is 59.0. The van der Waals surface area contributed by atoms with Crippen molar-refractivity contribution in [2.45, 2.75) is 72.1 Å². The van der Waals surface area contributed by atoms with Crippen LogP contribution in [-0.4, -0.2) is 0 Å². The van der Waals surface area contributed by atoms with Crippen LogP contribution in [0.2, 0.25) is 0 Å². The van der Waals surface area contributed by atoms with E-state index in [-0.39, 0.29) is 0 Å². The highest BCUT2D eigenvalue weighted by atomic mass is 14.8. The van der Waals surface area contributed by atoms with Gasteiger partial charge >= 0.3 is 0 Å². The van der Waals surface area contributed by atoms with Crippen LogP contribution in [0, 0.1) is 34.0 Å². The lowest BCUT2D eigenvalue weighted by Gasteiger charge is -2.52. The van der Waals surface area contributed by atoms with Gasteiger partial charge in [0.25, 0.3) is 0 Å². The van der Waals surface area contributed by atoms with Gasteiger partial charge in [-0.3, -0.25) is 0 Å². The molecule has 0 saturated heterocycles. The molecule has 1 unspecified atom stereocenters. The molecule has 4 aliphatic rings. The topological polar surface area (TPSA) is 0 Å². The summed E-state index contributed by atoms with van der Waals surface area (Å²) >= 11 is 0.